The van der Waals surface area contributed by atoms with Crippen LogP contribution in [0.2, 0.25) is 0 Å². The first-order valence-electron chi connectivity index (χ1n) is 6.53. The van der Waals surface area contributed by atoms with Crippen LogP contribution in [0.3, 0.4) is 0 Å². The van der Waals surface area contributed by atoms with Gasteiger partial charge in [-0.1, -0.05) is 19.3 Å². The standard InChI is InChI=1S/C12H25N3/c13-8-4-1-5-11-9-15-12(10-14-11)6-2-3-7-12/h11,14-15H,1-10,13H2/t11-/m0/s1. The van der Waals surface area contributed by atoms with Gasteiger partial charge in [0.15, 0.2) is 0 Å². The lowest BCUT2D eigenvalue weighted by Crippen LogP contribution is -2.61. The van der Waals surface area contributed by atoms with Gasteiger partial charge in [-0.2, -0.15) is 0 Å². The van der Waals surface area contributed by atoms with Crippen molar-refractivity contribution in [1.82, 2.24) is 10.6 Å². The molecule has 88 valence electrons. The summed E-state index contributed by atoms with van der Waals surface area (Å²) in [5.74, 6) is 0. The molecule has 2 fully saturated rings. The van der Waals surface area contributed by atoms with Gasteiger partial charge in [0, 0.05) is 24.7 Å². The zero-order valence-electron chi connectivity index (χ0n) is 9.73. The van der Waals surface area contributed by atoms with Crippen molar-refractivity contribution in [3.05, 3.63) is 0 Å². The number of rotatable bonds is 4. The Labute approximate surface area is 93.2 Å². The highest BCUT2D eigenvalue weighted by atomic mass is 15.1. The highest BCUT2D eigenvalue weighted by Gasteiger charge is 2.36. The van der Waals surface area contributed by atoms with Crippen LogP contribution in [-0.4, -0.2) is 31.2 Å². The third-order valence-corrected chi connectivity index (χ3v) is 4.02. The first-order chi connectivity index (χ1) is 7.35. The first-order valence-corrected chi connectivity index (χ1v) is 6.53. The highest BCUT2D eigenvalue weighted by Crippen LogP contribution is 2.30. The van der Waals surface area contributed by atoms with Crippen molar-refractivity contribution < 1.29 is 0 Å². The van der Waals surface area contributed by atoms with Crippen LogP contribution >= 0.6 is 0 Å². The van der Waals surface area contributed by atoms with E-state index in [-0.39, 0.29) is 0 Å². The normalized spacial score (nSPS) is 29.8. The van der Waals surface area contributed by atoms with Gasteiger partial charge in [-0.25, -0.2) is 0 Å². The molecule has 1 saturated heterocycles. The fraction of sp³-hybridized carbons (Fsp3) is 1.00. The average Bonchev–Trinajstić information content (AvgIpc) is 2.71. The maximum absolute atomic E-state index is 5.50. The molecule has 4 N–H and O–H groups in total. The van der Waals surface area contributed by atoms with E-state index in [4.69, 9.17) is 5.73 Å². The molecule has 0 amide bonds. The van der Waals surface area contributed by atoms with Gasteiger partial charge < -0.3 is 16.4 Å². The molecule has 3 nitrogen and oxygen atoms in total. The monoisotopic (exact) mass is 211 g/mol. The van der Waals surface area contributed by atoms with Crippen LogP contribution in [0.15, 0.2) is 0 Å². The lowest BCUT2D eigenvalue weighted by atomic mass is 9.93. The smallest absolute Gasteiger partial charge is 0.0307 e. The van der Waals surface area contributed by atoms with Crippen LogP contribution in [0, 0.1) is 0 Å². The Morgan fingerprint density at radius 3 is 2.60 bits per heavy atom. The fourth-order valence-electron chi connectivity index (χ4n) is 2.96. The third-order valence-electron chi connectivity index (χ3n) is 4.02. The molecule has 0 bridgehead atoms. The van der Waals surface area contributed by atoms with Crippen LogP contribution < -0.4 is 16.4 Å². The van der Waals surface area contributed by atoms with E-state index in [0.717, 1.165) is 13.1 Å². The molecule has 0 aromatic rings. The van der Waals surface area contributed by atoms with Gasteiger partial charge in [0.2, 0.25) is 0 Å². The molecular weight excluding hydrogens is 186 g/mol. The van der Waals surface area contributed by atoms with Crippen molar-refractivity contribution >= 4 is 0 Å². The molecule has 1 saturated carbocycles. The summed E-state index contributed by atoms with van der Waals surface area (Å²) in [6, 6.07) is 0.683. The Kier molecular flexibility index (Phi) is 4.00. The Hall–Kier alpha value is -0.120. The van der Waals surface area contributed by atoms with E-state index in [1.54, 1.807) is 0 Å². The van der Waals surface area contributed by atoms with E-state index in [1.807, 2.05) is 0 Å². The topological polar surface area (TPSA) is 50.1 Å². The average molecular weight is 211 g/mol. The number of hydrogen-bond acceptors (Lipinski definition) is 3. The molecule has 2 aliphatic rings. The van der Waals surface area contributed by atoms with Gasteiger partial charge in [0.1, 0.15) is 0 Å². The molecule has 2 rings (SSSR count). The summed E-state index contributed by atoms with van der Waals surface area (Å²) in [7, 11) is 0. The number of hydrogen-bond donors (Lipinski definition) is 3. The van der Waals surface area contributed by atoms with Crippen molar-refractivity contribution in [2.24, 2.45) is 5.73 Å². The second-order valence-electron chi connectivity index (χ2n) is 5.23. The van der Waals surface area contributed by atoms with Gasteiger partial charge in [-0.05, 0) is 32.2 Å². The summed E-state index contributed by atoms with van der Waals surface area (Å²) in [6.45, 7) is 3.18. The van der Waals surface area contributed by atoms with Crippen LogP contribution in [0.25, 0.3) is 0 Å². The van der Waals surface area contributed by atoms with E-state index in [9.17, 15) is 0 Å². The summed E-state index contributed by atoms with van der Waals surface area (Å²) in [5.41, 5.74) is 5.97. The predicted octanol–water partition coefficient (Wildman–Crippen LogP) is 0.990. The van der Waals surface area contributed by atoms with E-state index in [1.165, 1.54) is 51.5 Å². The molecule has 0 radical (unpaired) electrons. The predicted molar refractivity (Wildman–Crippen MR) is 63.9 cm³/mol. The third kappa shape index (κ3) is 2.92. The molecule has 3 heteroatoms. The van der Waals surface area contributed by atoms with E-state index in [2.05, 4.69) is 10.6 Å². The van der Waals surface area contributed by atoms with Gasteiger partial charge >= 0.3 is 0 Å². The zero-order valence-corrected chi connectivity index (χ0v) is 9.73. The second kappa shape index (κ2) is 5.28. The summed E-state index contributed by atoms with van der Waals surface area (Å²) >= 11 is 0. The Balaban J connectivity index is 1.67. The molecule has 1 heterocycles. The molecule has 1 aliphatic heterocycles. The lowest BCUT2D eigenvalue weighted by molar-refractivity contribution is 0.230. The van der Waals surface area contributed by atoms with Crippen LogP contribution in [0.5, 0.6) is 0 Å². The van der Waals surface area contributed by atoms with E-state index in [0.29, 0.717) is 11.6 Å². The summed E-state index contributed by atoms with van der Waals surface area (Å²) in [6.07, 6.45) is 9.27. The minimum Gasteiger partial charge on any atom is -0.330 e. The van der Waals surface area contributed by atoms with Gasteiger partial charge in [0.25, 0.3) is 0 Å². The molecule has 15 heavy (non-hydrogen) atoms. The molecule has 0 aromatic carbocycles. The molecule has 1 spiro atoms. The van der Waals surface area contributed by atoms with Crippen molar-refractivity contribution in [2.45, 2.75) is 56.5 Å². The molecule has 0 unspecified atom stereocenters. The Morgan fingerprint density at radius 2 is 2.00 bits per heavy atom. The van der Waals surface area contributed by atoms with Crippen LogP contribution in [0.4, 0.5) is 0 Å². The number of piperazine rings is 1. The van der Waals surface area contributed by atoms with Crippen molar-refractivity contribution in [2.75, 3.05) is 19.6 Å². The minimum atomic E-state index is 0.463. The molecule has 0 aromatic heterocycles. The van der Waals surface area contributed by atoms with Gasteiger partial charge in [0.05, 0.1) is 0 Å². The molecule has 1 atom stereocenters. The zero-order chi connectivity index (χ0) is 10.6. The summed E-state index contributed by atoms with van der Waals surface area (Å²) < 4.78 is 0. The molecule has 1 aliphatic carbocycles. The highest BCUT2D eigenvalue weighted by molar-refractivity contribution is 4.99. The van der Waals surface area contributed by atoms with Gasteiger partial charge in [-0.3, -0.25) is 0 Å². The minimum absolute atomic E-state index is 0.463. The van der Waals surface area contributed by atoms with Crippen LogP contribution in [-0.2, 0) is 0 Å². The summed E-state index contributed by atoms with van der Waals surface area (Å²) in [4.78, 5) is 0. The fourth-order valence-corrected chi connectivity index (χ4v) is 2.96. The van der Waals surface area contributed by atoms with E-state index >= 15 is 0 Å². The maximum atomic E-state index is 5.50. The lowest BCUT2D eigenvalue weighted by Gasteiger charge is -2.39. The maximum Gasteiger partial charge on any atom is 0.0307 e. The summed E-state index contributed by atoms with van der Waals surface area (Å²) in [5, 5.41) is 7.49. The first kappa shape index (κ1) is 11.4. The quantitative estimate of drug-likeness (QED) is 0.608. The SMILES string of the molecule is NCCCC[C@H]1CNC2(CCCC2)CN1. The van der Waals surface area contributed by atoms with Crippen LogP contribution in [0.1, 0.15) is 44.9 Å². The molecular formula is C12H25N3. The number of unbranched alkanes of at least 4 members (excludes halogenated alkanes) is 1. The Morgan fingerprint density at radius 1 is 1.20 bits per heavy atom. The Bertz CT molecular complexity index is 177. The van der Waals surface area contributed by atoms with E-state index < -0.39 is 0 Å². The van der Waals surface area contributed by atoms with Crippen molar-refractivity contribution in [1.29, 1.82) is 0 Å². The number of nitrogens with two attached hydrogens (primary N) is 1. The second-order valence-corrected chi connectivity index (χ2v) is 5.23. The number of nitrogens with one attached hydrogen (secondary N) is 2. The van der Waals surface area contributed by atoms with Crippen molar-refractivity contribution in [3.8, 4) is 0 Å². The van der Waals surface area contributed by atoms with Crippen molar-refractivity contribution in [3.63, 3.8) is 0 Å². The largest absolute Gasteiger partial charge is 0.330 e. The van der Waals surface area contributed by atoms with Gasteiger partial charge in [-0.15, -0.1) is 0 Å².